The minimum atomic E-state index is -0.503. The number of anilines is 1. The number of fused-ring (bicyclic) bond motifs is 1. The smallest absolute Gasteiger partial charge is 0.337 e. The second-order valence-electron chi connectivity index (χ2n) is 5.03. The molecule has 1 aromatic heterocycles. The first-order chi connectivity index (χ1) is 12.1. The third-order valence-corrected chi connectivity index (χ3v) is 4.66. The van der Waals surface area contributed by atoms with E-state index in [0.29, 0.717) is 16.3 Å². The summed E-state index contributed by atoms with van der Waals surface area (Å²) in [6.07, 6.45) is 3.01. The fourth-order valence-corrected chi connectivity index (χ4v) is 3.18. The average molecular weight is 373 g/mol. The summed E-state index contributed by atoms with van der Waals surface area (Å²) in [5, 5.41) is 3.70. The number of nitrogens with one attached hydrogen (secondary N) is 1. The van der Waals surface area contributed by atoms with Crippen molar-refractivity contribution in [3.8, 4) is 0 Å². The molecule has 3 rings (SSSR count). The van der Waals surface area contributed by atoms with Crippen molar-refractivity contribution < 1.29 is 14.3 Å². The van der Waals surface area contributed by atoms with E-state index in [4.69, 9.17) is 11.6 Å². The number of amides is 1. The van der Waals surface area contributed by atoms with Crippen LogP contribution in [-0.4, -0.2) is 24.0 Å². The van der Waals surface area contributed by atoms with Crippen LogP contribution in [0.25, 0.3) is 16.3 Å². The summed E-state index contributed by atoms with van der Waals surface area (Å²) in [5.74, 6) is -0.875. The molecular weight excluding hydrogens is 360 g/mol. The summed E-state index contributed by atoms with van der Waals surface area (Å²) in [7, 11) is 1.29. The van der Waals surface area contributed by atoms with Gasteiger partial charge in [0.05, 0.1) is 33.6 Å². The number of halogens is 1. The Hall–Kier alpha value is -2.70. The molecule has 1 amide bonds. The zero-order chi connectivity index (χ0) is 17.8. The molecule has 0 saturated carbocycles. The third-order valence-electron chi connectivity index (χ3n) is 3.33. The van der Waals surface area contributed by atoms with Crippen LogP contribution in [0.1, 0.15) is 15.4 Å². The second kappa shape index (κ2) is 7.46. The molecule has 126 valence electrons. The Balaban J connectivity index is 1.74. The Morgan fingerprint density at radius 2 is 2.04 bits per heavy atom. The van der Waals surface area contributed by atoms with Gasteiger partial charge in [0, 0.05) is 6.08 Å². The molecule has 3 aromatic rings. The van der Waals surface area contributed by atoms with Gasteiger partial charge in [0.15, 0.2) is 0 Å². The fourth-order valence-electron chi connectivity index (χ4n) is 2.15. The molecular formula is C18H13ClN2O3S. The number of methoxy groups -OCH3 is 1. The minimum absolute atomic E-state index is 0.303. The van der Waals surface area contributed by atoms with Crippen LogP contribution in [0.15, 0.2) is 48.5 Å². The normalized spacial score (nSPS) is 11.0. The molecule has 0 aliphatic rings. The van der Waals surface area contributed by atoms with Crippen LogP contribution in [0.2, 0.25) is 5.02 Å². The third kappa shape index (κ3) is 4.04. The van der Waals surface area contributed by atoms with E-state index in [9.17, 15) is 9.59 Å². The number of carbonyl (C=O) groups excluding carboxylic acids is 2. The number of rotatable bonds is 4. The Morgan fingerprint density at radius 1 is 1.24 bits per heavy atom. The van der Waals surface area contributed by atoms with Gasteiger partial charge in [0.25, 0.3) is 0 Å². The van der Waals surface area contributed by atoms with E-state index in [0.717, 1.165) is 15.2 Å². The molecule has 2 aromatic carbocycles. The highest BCUT2D eigenvalue weighted by Crippen LogP contribution is 2.24. The van der Waals surface area contributed by atoms with Crippen LogP contribution >= 0.6 is 22.9 Å². The molecule has 0 saturated heterocycles. The molecule has 0 radical (unpaired) electrons. The van der Waals surface area contributed by atoms with Crippen LogP contribution < -0.4 is 5.32 Å². The van der Waals surface area contributed by atoms with E-state index >= 15 is 0 Å². The van der Waals surface area contributed by atoms with Crippen molar-refractivity contribution >= 4 is 56.8 Å². The number of ether oxygens (including phenoxy) is 1. The highest BCUT2D eigenvalue weighted by atomic mass is 35.5. The molecule has 1 N–H and O–H groups in total. The predicted molar refractivity (Wildman–Crippen MR) is 100 cm³/mol. The van der Waals surface area contributed by atoms with Gasteiger partial charge in [-0.3, -0.25) is 4.79 Å². The van der Waals surface area contributed by atoms with E-state index in [-0.39, 0.29) is 5.91 Å². The molecule has 25 heavy (non-hydrogen) atoms. The summed E-state index contributed by atoms with van der Waals surface area (Å²) in [4.78, 5) is 28.1. The number of aromatic nitrogens is 1. The zero-order valence-corrected chi connectivity index (χ0v) is 14.7. The number of benzene rings is 2. The topological polar surface area (TPSA) is 68.3 Å². The highest BCUT2D eigenvalue weighted by Gasteiger charge is 2.10. The molecule has 0 atom stereocenters. The maximum Gasteiger partial charge on any atom is 0.337 e. The number of nitrogens with zero attached hydrogens (tertiary/aromatic N) is 1. The first-order valence-electron chi connectivity index (χ1n) is 7.29. The first-order valence-corrected chi connectivity index (χ1v) is 8.49. The van der Waals surface area contributed by atoms with Crippen LogP contribution in [0.5, 0.6) is 0 Å². The van der Waals surface area contributed by atoms with Crippen LogP contribution in [-0.2, 0) is 9.53 Å². The molecule has 0 spiro atoms. The monoisotopic (exact) mass is 372 g/mol. The molecule has 0 bridgehead atoms. The Kier molecular flexibility index (Phi) is 5.11. The van der Waals surface area contributed by atoms with Crippen molar-refractivity contribution in [1.29, 1.82) is 0 Å². The molecule has 0 unspecified atom stereocenters. The Bertz CT molecular complexity index is 948. The molecule has 1 heterocycles. The van der Waals surface area contributed by atoms with Crippen molar-refractivity contribution in [3.63, 3.8) is 0 Å². The molecule has 0 fully saturated rings. The summed E-state index contributed by atoms with van der Waals surface area (Å²) >= 11 is 7.55. The summed E-state index contributed by atoms with van der Waals surface area (Å²) < 4.78 is 5.71. The predicted octanol–water partition coefficient (Wildman–Crippen LogP) is 4.39. The van der Waals surface area contributed by atoms with Crippen LogP contribution in [0, 0.1) is 0 Å². The Labute approximate surface area is 152 Å². The lowest BCUT2D eigenvalue weighted by atomic mass is 10.2. The van der Waals surface area contributed by atoms with Gasteiger partial charge in [-0.1, -0.05) is 23.7 Å². The Morgan fingerprint density at radius 3 is 2.80 bits per heavy atom. The quantitative estimate of drug-likeness (QED) is 0.544. The fraction of sp³-hybridized carbons (Fsp3) is 0.0556. The second-order valence-corrected chi connectivity index (χ2v) is 6.50. The highest BCUT2D eigenvalue weighted by molar-refractivity contribution is 7.19. The average Bonchev–Trinajstić information content (AvgIpc) is 3.04. The number of hydrogen-bond donors (Lipinski definition) is 1. The van der Waals surface area contributed by atoms with E-state index in [1.807, 2.05) is 24.3 Å². The maximum atomic E-state index is 12.1. The minimum Gasteiger partial charge on any atom is -0.465 e. The van der Waals surface area contributed by atoms with Gasteiger partial charge in [0.2, 0.25) is 5.91 Å². The summed E-state index contributed by atoms with van der Waals surface area (Å²) in [6.45, 7) is 0. The lowest BCUT2D eigenvalue weighted by molar-refractivity contribution is -0.111. The molecule has 0 aliphatic heterocycles. The number of carbonyl (C=O) groups is 2. The number of thiazole rings is 1. The first kappa shape index (κ1) is 17.1. The molecule has 5 nitrogen and oxygen atoms in total. The van der Waals surface area contributed by atoms with Gasteiger partial charge in [0.1, 0.15) is 5.01 Å². The van der Waals surface area contributed by atoms with E-state index < -0.39 is 5.97 Å². The zero-order valence-electron chi connectivity index (χ0n) is 13.2. The maximum absolute atomic E-state index is 12.1. The van der Waals surface area contributed by atoms with Crippen molar-refractivity contribution in [2.24, 2.45) is 0 Å². The SMILES string of the molecule is COC(=O)c1ccc(Cl)c(NC(=O)/C=C/c2nc3ccccc3s2)c1. The van der Waals surface area contributed by atoms with Crippen molar-refractivity contribution in [1.82, 2.24) is 4.98 Å². The van der Waals surface area contributed by atoms with Gasteiger partial charge in [-0.25, -0.2) is 9.78 Å². The van der Waals surface area contributed by atoms with E-state index in [2.05, 4.69) is 15.0 Å². The van der Waals surface area contributed by atoms with E-state index in [1.54, 1.807) is 6.08 Å². The largest absolute Gasteiger partial charge is 0.465 e. The summed E-state index contributed by atoms with van der Waals surface area (Å²) in [6, 6.07) is 12.3. The van der Waals surface area contributed by atoms with Gasteiger partial charge in [-0.2, -0.15) is 0 Å². The van der Waals surface area contributed by atoms with Crippen molar-refractivity contribution in [3.05, 3.63) is 64.1 Å². The van der Waals surface area contributed by atoms with E-state index in [1.165, 1.54) is 42.7 Å². The van der Waals surface area contributed by atoms with Crippen molar-refractivity contribution in [2.75, 3.05) is 12.4 Å². The van der Waals surface area contributed by atoms with Crippen molar-refractivity contribution in [2.45, 2.75) is 0 Å². The van der Waals surface area contributed by atoms with Gasteiger partial charge < -0.3 is 10.1 Å². The molecule has 0 aliphatic carbocycles. The van der Waals surface area contributed by atoms with Gasteiger partial charge in [-0.15, -0.1) is 11.3 Å². The van der Waals surface area contributed by atoms with Gasteiger partial charge >= 0.3 is 5.97 Å². The summed E-state index contributed by atoms with van der Waals surface area (Å²) in [5.41, 5.74) is 1.53. The number of para-hydroxylation sites is 1. The van der Waals surface area contributed by atoms with Gasteiger partial charge in [-0.05, 0) is 36.4 Å². The van der Waals surface area contributed by atoms with Crippen LogP contribution in [0.4, 0.5) is 5.69 Å². The number of esters is 1. The van der Waals surface area contributed by atoms with Crippen LogP contribution in [0.3, 0.4) is 0 Å². The molecule has 7 heteroatoms. The standard InChI is InChI=1S/C18H13ClN2O3S/c1-24-18(23)11-6-7-12(19)14(10-11)20-16(22)8-9-17-21-13-4-2-3-5-15(13)25-17/h2-10H,1H3,(H,20,22)/b9-8+. The lowest BCUT2D eigenvalue weighted by Gasteiger charge is -2.07. The number of hydrogen-bond acceptors (Lipinski definition) is 5. The lowest BCUT2D eigenvalue weighted by Crippen LogP contribution is -2.09.